The average molecular weight is 187 g/mol. The summed E-state index contributed by atoms with van der Waals surface area (Å²) < 4.78 is 10.1. The van der Waals surface area contributed by atoms with Crippen LogP contribution in [0.2, 0.25) is 0 Å². The van der Waals surface area contributed by atoms with Gasteiger partial charge in [0.05, 0.1) is 4.92 Å². The maximum absolute atomic E-state index is 10.3. The molecule has 0 N–H and O–H groups in total. The van der Waals surface area contributed by atoms with E-state index in [1.54, 1.807) is 10.8 Å². The molecule has 1 aromatic rings. The average Bonchev–Trinajstić information content (AvgIpc) is 2.49. The number of hydrogen-bond donors (Lipinski definition) is 0. The van der Waals surface area contributed by atoms with Crippen molar-refractivity contribution in [3.05, 3.63) is 20.9 Å². The minimum Gasteiger partial charge on any atom is -0.477 e. The van der Waals surface area contributed by atoms with E-state index in [4.69, 9.17) is 9.47 Å². The second-order valence-corrected chi connectivity index (χ2v) is 3.01. The molecule has 12 heavy (non-hydrogen) atoms. The Morgan fingerprint density at radius 3 is 3.08 bits per heavy atom. The smallest absolute Gasteiger partial charge is 0.388 e. The van der Waals surface area contributed by atoms with Crippen molar-refractivity contribution in [3.63, 3.8) is 0 Å². The van der Waals surface area contributed by atoms with Crippen LogP contribution < -0.4 is 9.47 Å². The standard InChI is InChI=1S/C6H5NO4S/c8-7(9)6-1-10-4-2-12-3-5(4)11-6/h2-3,6H,1H2. The van der Waals surface area contributed by atoms with Gasteiger partial charge < -0.3 is 9.47 Å². The quantitative estimate of drug-likeness (QED) is 0.488. The molecule has 6 heteroatoms. The first-order valence-corrected chi connectivity index (χ1v) is 4.21. The predicted octanol–water partition coefficient (Wildman–Crippen LogP) is 1.12. The van der Waals surface area contributed by atoms with Gasteiger partial charge in [-0.3, -0.25) is 10.1 Å². The van der Waals surface area contributed by atoms with Crippen LogP contribution in [0.4, 0.5) is 0 Å². The molecule has 0 fully saturated rings. The Morgan fingerprint density at radius 1 is 1.58 bits per heavy atom. The zero-order valence-corrected chi connectivity index (χ0v) is 6.74. The molecule has 1 aromatic heterocycles. The van der Waals surface area contributed by atoms with Crippen LogP contribution in [0.1, 0.15) is 0 Å². The van der Waals surface area contributed by atoms with Crippen LogP contribution in [0.5, 0.6) is 11.5 Å². The van der Waals surface area contributed by atoms with E-state index >= 15 is 0 Å². The first-order chi connectivity index (χ1) is 5.77. The van der Waals surface area contributed by atoms with Crippen molar-refractivity contribution in [1.29, 1.82) is 0 Å². The van der Waals surface area contributed by atoms with Gasteiger partial charge in [-0.25, -0.2) is 0 Å². The van der Waals surface area contributed by atoms with Crippen LogP contribution in [0.3, 0.4) is 0 Å². The number of rotatable bonds is 1. The van der Waals surface area contributed by atoms with E-state index in [9.17, 15) is 10.1 Å². The van der Waals surface area contributed by atoms with Gasteiger partial charge in [0.25, 0.3) is 0 Å². The molecular formula is C6H5NO4S. The van der Waals surface area contributed by atoms with Crippen molar-refractivity contribution in [2.75, 3.05) is 6.61 Å². The molecule has 1 unspecified atom stereocenters. The SMILES string of the molecule is O=[N+]([O-])C1COc2cscc2O1. The molecular weight excluding hydrogens is 182 g/mol. The number of thiophene rings is 1. The summed E-state index contributed by atoms with van der Waals surface area (Å²) in [5.74, 6) is 1.06. The Morgan fingerprint density at radius 2 is 2.33 bits per heavy atom. The first-order valence-electron chi connectivity index (χ1n) is 3.26. The fourth-order valence-electron chi connectivity index (χ4n) is 0.910. The minimum absolute atomic E-state index is 0.0171. The highest BCUT2D eigenvalue weighted by Crippen LogP contribution is 2.35. The van der Waals surface area contributed by atoms with Gasteiger partial charge in [0.1, 0.15) is 0 Å². The molecule has 0 aliphatic carbocycles. The van der Waals surface area contributed by atoms with E-state index in [0.29, 0.717) is 11.5 Å². The molecule has 1 atom stereocenters. The summed E-state index contributed by atoms with van der Waals surface area (Å²) in [6, 6.07) is 0. The molecule has 0 saturated heterocycles. The molecule has 5 nitrogen and oxygen atoms in total. The summed E-state index contributed by atoms with van der Waals surface area (Å²) in [7, 11) is 0. The van der Waals surface area contributed by atoms with Gasteiger partial charge in [-0.1, -0.05) is 0 Å². The van der Waals surface area contributed by atoms with Crippen molar-refractivity contribution in [2.45, 2.75) is 6.23 Å². The summed E-state index contributed by atoms with van der Waals surface area (Å²) in [4.78, 5) is 9.79. The Bertz CT molecular complexity index is 310. The third-order valence-electron chi connectivity index (χ3n) is 1.47. The Labute approximate surface area is 71.7 Å². The molecule has 0 saturated carbocycles. The van der Waals surface area contributed by atoms with E-state index in [-0.39, 0.29) is 6.61 Å². The lowest BCUT2D eigenvalue weighted by molar-refractivity contribution is -0.566. The molecule has 1 aliphatic rings. The fraction of sp³-hybridized carbons (Fsp3) is 0.333. The van der Waals surface area contributed by atoms with Gasteiger partial charge in [-0.2, -0.15) is 0 Å². The van der Waals surface area contributed by atoms with Gasteiger partial charge in [-0.15, -0.1) is 11.3 Å². The van der Waals surface area contributed by atoms with Crippen molar-refractivity contribution in [2.24, 2.45) is 0 Å². The molecule has 2 rings (SSSR count). The Hall–Kier alpha value is -1.30. The van der Waals surface area contributed by atoms with Gasteiger partial charge >= 0.3 is 6.23 Å². The lowest BCUT2D eigenvalue weighted by atomic mass is 10.4. The lowest BCUT2D eigenvalue weighted by Crippen LogP contribution is -2.35. The number of fused-ring (bicyclic) bond motifs is 1. The first kappa shape index (κ1) is 7.35. The van der Waals surface area contributed by atoms with Crippen molar-refractivity contribution < 1.29 is 14.4 Å². The Balaban J connectivity index is 2.20. The van der Waals surface area contributed by atoms with Crippen molar-refractivity contribution in [1.82, 2.24) is 0 Å². The predicted molar refractivity (Wildman–Crippen MR) is 41.2 cm³/mol. The largest absolute Gasteiger partial charge is 0.477 e. The molecule has 1 aliphatic heterocycles. The number of hydrogen-bond acceptors (Lipinski definition) is 5. The molecule has 0 aromatic carbocycles. The van der Waals surface area contributed by atoms with E-state index in [0.717, 1.165) is 0 Å². The van der Waals surface area contributed by atoms with Crippen molar-refractivity contribution >= 4 is 11.3 Å². The summed E-state index contributed by atoms with van der Waals surface area (Å²) in [5, 5.41) is 13.7. The van der Waals surface area contributed by atoms with Crippen molar-refractivity contribution in [3.8, 4) is 11.5 Å². The highest BCUT2D eigenvalue weighted by Gasteiger charge is 2.29. The van der Waals surface area contributed by atoms with Crippen LogP contribution in [0.15, 0.2) is 10.8 Å². The highest BCUT2D eigenvalue weighted by atomic mass is 32.1. The molecule has 64 valence electrons. The molecule has 0 bridgehead atoms. The molecule has 0 amide bonds. The van der Waals surface area contributed by atoms with E-state index in [2.05, 4.69) is 0 Å². The highest BCUT2D eigenvalue weighted by molar-refractivity contribution is 7.08. The van der Waals surface area contributed by atoms with E-state index < -0.39 is 11.2 Å². The van der Waals surface area contributed by atoms with Gasteiger partial charge in [-0.05, 0) is 0 Å². The second kappa shape index (κ2) is 2.63. The van der Waals surface area contributed by atoms with Crippen LogP contribution in [-0.4, -0.2) is 17.8 Å². The van der Waals surface area contributed by atoms with Crippen LogP contribution in [-0.2, 0) is 0 Å². The summed E-state index contributed by atoms with van der Waals surface area (Å²) in [6.45, 7) is -0.0171. The van der Waals surface area contributed by atoms with Gasteiger partial charge in [0.15, 0.2) is 18.1 Å². The monoisotopic (exact) mass is 187 g/mol. The zero-order chi connectivity index (χ0) is 8.55. The topological polar surface area (TPSA) is 61.6 Å². The normalized spacial score (nSPS) is 20.5. The zero-order valence-electron chi connectivity index (χ0n) is 5.93. The third kappa shape index (κ3) is 1.10. The number of ether oxygens (including phenoxy) is 2. The fourth-order valence-corrected chi connectivity index (χ4v) is 1.58. The Kier molecular flexibility index (Phi) is 1.61. The third-order valence-corrected chi connectivity index (χ3v) is 2.17. The van der Waals surface area contributed by atoms with E-state index in [1.807, 2.05) is 0 Å². The summed E-state index contributed by atoms with van der Waals surface area (Å²) >= 11 is 1.40. The van der Waals surface area contributed by atoms with Crippen LogP contribution in [0, 0.1) is 10.1 Å². The maximum Gasteiger partial charge on any atom is 0.388 e. The molecule has 2 heterocycles. The molecule has 0 radical (unpaired) electrons. The maximum atomic E-state index is 10.3. The number of nitrogens with zero attached hydrogens (tertiary/aromatic N) is 1. The van der Waals surface area contributed by atoms with Gasteiger partial charge in [0, 0.05) is 10.8 Å². The van der Waals surface area contributed by atoms with Crippen LogP contribution in [0.25, 0.3) is 0 Å². The molecule has 0 spiro atoms. The summed E-state index contributed by atoms with van der Waals surface area (Å²) in [5.41, 5.74) is 0. The van der Waals surface area contributed by atoms with E-state index in [1.165, 1.54) is 11.3 Å². The van der Waals surface area contributed by atoms with Crippen LogP contribution >= 0.6 is 11.3 Å². The summed E-state index contributed by atoms with van der Waals surface area (Å²) in [6.07, 6.45) is -1.06. The van der Waals surface area contributed by atoms with Gasteiger partial charge in [0.2, 0.25) is 0 Å². The lowest BCUT2D eigenvalue weighted by Gasteiger charge is -2.17. The minimum atomic E-state index is -1.06. The number of nitro groups is 1. The second-order valence-electron chi connectivity index (χ2n) is 2.27.